The molecule has 3 rings (SSSR count). The molecule has 0 fully saturated rings. The number of hydrogen-bond donors (Lipinski definition) is 0. The molecule has 37 heavy (non-hydrogen) atoms. The average molecular weight is 537 g/mol. The zero-order chi connectivity index (χ0) is 25.2. The molecule has 0 aliphatic rings. The van der Waals surface area contributed by atoms with Gasteiger partial charge >= 0.3 is 0 Å². The lowest BCUT2D eigenvalue weighted by atomic mass is 10.1. The first kappa shape index (κ1) is 31.6. The van der Waals surface area contributed by atoms with Gasteiger partial charge in [0, 0.05) is 7.26 Å². The van der Waals surface area contributed by atoms with E-state index in [-0.39, 0.29) is 12.4 Å². The Labute approximate surface area is 235 Å². The fraction of sp³-hybridized carbons (Fsp3) is 0.486. The van der Waals surface area contributed by atoms with Crippen molar-refractivity contribution in [1.82, 2.24) is 0 Å². The molecule has 0 saturated carbocycles. The third-order valence-electron chi connectivity index (χ3n) is 7.57. The van der Waals surface area contributed by atoms with Gasteiger partial charge in [0.05, 0.1) is 24.6 Å². The molecule has 3 aromatic rings. The van der Waals surface area contributed by atoms with Gasteiger partial charge < -0.3 is 12.4 Å². The van der Waals surface area contributed by atoms with Crippen LogP contribution in [0.25, 0.3) is 0 Å². The minimum Gasteiger partial charge on any atom is -1.00 e. The Kier molecular flexibility index (Phi) is 16.6. The van der Waals surface area contributed by atoms with Crippen LogP contribution < -0.4 is 12.4 Å². The lowest BCUT2D eigenvalue weighted by Crippen LogP contribution is -3.00. The van der Waals surface area contributed by atoms with Crippen LogP contribution >= 0.6 is 7.26 Å². The van der Waals surface area contributed by atoms with Crippen LogP contribution in [0.2, 0.25) is 0 Å². The Bertz CT molecular complexity index is 808. The highest BCUT2D eigenvalue weighted by atomic mass is 35.5. The molecule has 0 heterocycles. The maximum Gasteiger partial charge on any atom is 0.0849 e. The summed E-state index contributed by atoms with van der Waals surface area (Å²) in [5, 5.41) is 0. The maximum absolute atomic E-state index is 2.35. The van der Waals surface area contributed by atoms with Crippen molar-refractivity contribution < 1.29 is 12.4 Å². The smallest absolute Gasteiger partial charge is 0.0849 e. The summed E-state index contributed by atoms with van der Waals surface area (Å²) in [6.45, 7) is 2.30. The molecular weight excluding hydrogens is 487 g/mol. The van der Waals surface area contributed by atoms with Crippen LogP contribution in [0.5, 0.6) is 0 Å². The number of unbranched alkanes of at least 4 members (excludes halogenated alkanes) is 11. The predicted octanol–water partition coefficient (Wildman–Crippen LogP) is 8.31. The predicted molar refractivity (Wildman–Crippen MR) is 163 cm³/mol. The van der Waals surface area contributed by atoms with Crippen LogP contribution in [0.1, 0.15) is 101 Å². The van der Waals surface area contributed by atoms with Gasteiger partial charge in [0.1, 0.15) is 0 Å². The summed E-state index contributed by atoms with van der Waals surface area (Å²) in [6.07, 6.45) is 22.3. The molecule has 0 atom stereocenters. The van der Waals surface area contributed by atoms with E-state index in [1.807, 2.05) is 0 Å². The third kappa shape index (κ3) is 13.1. The van der Waals surface area contributed by atoms with E-state index in [0.717, 1.165) is 0 Å². The zero-order valence-corrected chi connectivity index (χ0v) is 24.9. The molecule has 3 aromatic carbocycles. The highest BCUT2D eigenvalue weighted by molar-refractivity contribution is 7.73. The minimum absolute atomic E-state index is 0. The van der Waals surface area contributed by atoms with E-state index in [4.69, 9.17) is 0 Å². The van der Waals surface area contributed by atoms with Gasteiger partial charge in [-0.1, -0.05) is 162 Å². The molecule has 0 N–H and O–H groups in total. The van der Waals surface area contributed by atoms with Crippen molar-refractivity contribution in [2.45, 2.75) is 102 Å². The molecule has 0 bridgehead atoms. The standard InChI is InChI=1S/C35H50P.ClH/c1-2-3-4-5-6-7-8-9-10-11-12-22-29-36(30-33-23-16-13-17-24-33,31-34-25-18-14-19-26-34)32-35-27-20-15-21-28-35;/h13-21,23-28H,2-12,22,29-32H2,1H3;1H/q+1;/p-1. The largest absolute Gasteiger partial charge is 1.00 e. The summed E-state index contributed by atoms with van der Waals surface area (Å²) in [4.78, 5) is 0. The van der Waals surface area contributed by atoms with E-state index in [9.17, 15) is 0 Å². The van der Waals surface area contributed by atoms with Gasteiger partial charge in [-0.25, -0.2) is 0 Å². The van der Waals surface area contributed by atoms with E-state index in [1.165, 1.54) is 118 Å². The third-order valence-corrected chi connectivity index (χ3v) is 11.9. The fourth-order valence-electron chi connectivity index (χ4n) is 5.61. The summed E-state index contributed by atoms with van der Waals surface area (Å²) >= 11 is 0. The summed E-state index contributed by atoms with van der Waals surface area (Å²) < 4.78 is 0. The fourth-order valence-corrected chi connectivity index (χ4v) is 10.3. The molecule has 0 radical (unpaired) electrons. The van der Waals surface area contributed by atoms with Crippen LogP contribution in [0.15, 0.2) is 91.0 Å². The second-order valence-corrected chi connectivity index (χ2v) is 15.0. The Morgan fingerprint density at radius 2 is 0.703 bits per heavy atom. The average Bonchev–Trinajstić information content (AvgIpc) is 2.91. The first-order valence-corrected chi connectivity index (χ1v) is 17.3. The van der Waals surface area contributed by atoms with E-state index in [0.29, 0.717) is 0 Å². The van der Waals surface area contributed by atoms with E-state index >= 15 is 0 Å². The number of benzene rings is 3. The van der Waals surface area contributed by atoms with Gasteiger partial charge in [0.25, 0.3) is 0 Å². The second kappa shape index (κ2) is 19.4. The summed E-state index contributed by atoms with van der Waals surface area (Å²) in [5.74, 6) is 0. The van der Waals surface area contributed by atoms with E-state index in [1.54, 1.807) is 0 Å². The maximum atomic E-state index is 2.35. The quantitative estimate of drug-likeness (QED) is 0.107. The van der Waals surface area contributed by atoms with Gasteiger partial charge in [-0.2, -0.15) is 0 Å². The Morgan fingerprint density at radius 3 is 1.03 bits per heavy atom. The highest BCUT2D eigenvalue weighted by Gasteiger charge is 2.37. The van der Waals surface area contributed by atoms with Gasteiger partial charge in [-0.05, 0) is 29.5 Å². The van der Waals surface area contributed by atoms with Crippen LogP contribution in [0, 0.1) is 0 Å². The number of rotatable bonds is 19. The molecule has 0 aromatic heterocycles. The van der Waals surface area contributed by atoms with E-state index < -0.39 is 7.26 Å². The molecule has 0 unspecified atom stereocenters. The van der Waals surface area contributed by atoms with Crippen molar-refractivity contribution in [3.8, 4) is 0 Å². The molecule has 2 heteroatoms. The Hall–Kier alpha value is -1.62. The Morgan fingerprint density at radius 1 is 0.405 bits per heavy atom. The van der Waals surface area contributed by atoms with Gasteiger partial charge in [0.2, 0.25) is 0 Å². The van der Waals surface area contributed by atoms with Gasteiger partial charge in [-0.15, -0.1) is 0 Å². The van der Waals surface area contributed by atoms with Crippen molar-refractivity contribution in [3.05, 3.63) is 108 Å². The van der Waals surface area contributed by atoms with Gasteiger partial charge in [0.15, 0.2) is 0 Å². The van der Waals surface area contributed by atoms with E-state index in [2.05, 4.69) is 97.9 Å². The SMILES string of the molecule is CCCCCCCCCCCCCC[P+](Cc1ccccc1)(Cc1ccccc1)Cc1ccccc1.[Cl-]. The van der Waals surface area contributed by atoms with Crippen LogP contribution in [0.4, 0.5) is 0 Å². The lowest BCUT2D eigenvalue weighted by Gasteiger charge is -2.29. The van der Waals surface area contributed by atoms with Crippen molar-refractivity contribution in [2.24, 2.45) is 0 Å². The van der Waals surface area contributed by atoms with Crippen LogP contribution in [-0.4, -0.2) is 6.16 Å². The van der Waals surface area contributed by atoms with Crippen molar-refractivity contribution in [1.29, 1.82) is 0 Å². The highest BCUT2D eigenvalue weighted by Crippen LogP contribution is 2.67. The summed E-state index contributed by atoms with van der Waals surface area (Å²) in [7, 11) is -1.24. The van der Waals surface area contributed by atoms with Crippen LogP contribution in [0.3, 0.4) is 0 Å². The number of hydrogen-bond acceptors (Lipinski definition) is 0. The molecule has 0 nitrogen and oxygen atoms in total. The van der Waals surface area contributed by atoms with Gasteiger partial charge in [-0.3, -0.25) is 0 Å². The normalized spacial score (nSPS) is 11.3. The molecule has 0 aliphatic carbocycles. The molecule has 0 saturated heterocycles. The molecule has 202 valence electrons. The summed E-state index contributed by atoms with van der Waals surface area (Å²) in [6, 6.07) is 33.9. The monoisotopic (exact) mass is 536 g/mol. The van der Waals surface area contributed by atoms with Crippen molar-refractivity contribution in [2.75, 3.05) is 6.16 Å². The van der Waals surface area contributed by atoms with Crippen molar-refractivity contribution >= 4 is 7.26 Å². The number of halogens is 1. The van der Waals surface area contributed by atoms with Crippen LogP contribution in [-0.2, 0) is 18.5 Å². The molecular formula is C35H50ClP. The zero-order valence-electron chi connectivity index (χ0n) is 23.3. The van der Waals surface area contributed by atoms with Crippen molar-refractivity contribution in [3.63, 3.8) is 0 Å². The molecule has 0 aliphatic heterocycles. The topological polar surface area (TPSA) is 0 Å². The first-order valence-electron chi connectivity index (χ1n) is 14.8. The molecule has 0 amide bonds. The molecule has 0 spiro atoms. The Balaban J connectivity index is 0.00000481. The second-order valence-electron chi connectivity index (χ2n) is 10.9. The lowest BCUT2D eigenvalue weighted by molar-refractivity contribution is -0.00000771. The minimum atomic E-state index is -1.24. The first-order chi connectivity index (χ1) is 17.8. The summed E-state index contributed by atoms with van der Waals surface area (Å²) in [5.41, 5.74) is 4.57.